The highest BCUT2D eigenvalue weighted by molar-refractivity contribution is 5.67. The highest BCUT2D eigenvalue weighted by Crippen LogP contribution is 2.13. The van der Waals surface area contributed by atoms with E-state index in [1.165, 1.54) is 0 Å². The number of rotatable bonds is 5. The van der Waals surface area contributed by atoms with Crippen LogP contribution in [0, 0.1) is 0 Å². The van der Waals surface area contributed by atoms with E-state index in [0.29, 0.717) is 12.3 Å². The minimum absolute atomic E-state index is 0.0274. The molecule has 0 spiro atoms. The van der Waals surface area contributed by atoms with Gasteiger partial charge >= 0.3 is 6.09 Å². The van der Waals surface area contributed by atoms with Crippen LogP contribution >= 0.6 is 0 Å². The van der Waals surface area contributed by atoms with Crippen LogP contribution in [0.25, 0.3) is 0 Å². The van der Waals surface area contributed by atoms with Crippen molar-refractivity contribution in [3.8, 4) is 5.75 Å². The molecular formula is C14H21NO4. The minimum atomic E-state index is -0.504. The summed E-state index contributed by atoms with van der Waals surface area (Å²) in [5.74, 6) is 0.664. The van der Waals surface area contributed by atoms with Crippen molar-refractivity contribution in [3.05, 3.63) is 29.8 Å². The molecule has 0 fully saturated rings. The Balaban J connectivity index is 2.46. The molecule has 1 amide bonds. The van der Waals surface area contributed by atoms with E-state index in [1.54, 1.807) is 6.07 Å². The number of alkyl carbamates (subject to hydrolysis) is 1. The number of hydrogen-bond acceptors (Lipinski definition) is 4. The molecule has 0 saturated heterocycles. The Morgan fingerprint density at radius 1 is 1.37 bits per heavy atom. The Morgan fingerprint density at radius 3 is 2.74 bits per heavy atom. The summed E-state index contributed by atoms with van der Waals surface area (Å²) in [6.45, 7) is 6.04. The lowest BCUT2D eigenvalue weighted by atomic mass is 10.2. The Labute approximate surface area is 113 Å². The van der Waals surface area contributed by atoms with Crippen LogP contribution in [0.15, 0.2) is 24.3 Å². The first kappa shape index (κ1) is 15.3. The molecule has 0 aromatic heterocycles. The van der Waals surface area contributed by atoms with Gasteiger partial charge in [0.05, 0.1) is 6.61 Å². The normalized spacial score (nSPS) is 10.9. The van der Waals surface area contributed by atoms with Crippen LogP contribution in [-0.2, 0) is 11.3 Å². The van der Waals surface area contributed by atoms with E-state index in [4.69, 9.17) is 14.6 Å². The second-order valence-electron chi connectivity index (χ2n) is 5.07. The van der Waals surface area contributed by atoms with E-state index in [1.807, 2.05) is 39.0 Å². The quantitative estimate of drug-likeness (QED) is 0.857. The summed E-state index contributed by atoms with van der Waals surface area (Å²) < 4.78 is 10.4. The Morgan fingerprint density at radius 2 is 2.11 bits per heavy atom. The predicted molar refractivity (Wildman–Crippen MR) is 72.1 cm³/mol. The third kappa shape index (κ3) is 6.67. The van der Waals surface area contributed by atoms with E-state index in [-0.39, 0.29) is 13.2 Å². The van der Waals surface area contributed by atoms with Gasteiger partial charge in [-0.05, 0) is 38.5 Å². The van der Waals surface area contributed by atoms with Crippen LogP contribution in [0.4, 0.5) is 4.79 Å². The van der Waals surface area contributed by atoms with Crippen molar-refractivity contribution in [2.75, 3.05) is 13.2 Å². The zero-order valence-electron chi connectivity index (χ0n) is 11.6. The van der Waals surface area contributed by atoms with Crippen molar-refractivity contribution in [2.24, 2.45) is 0 Å². The highest BCUT2D eigenvalue weighted by Gasteiger charge is 2.15. The van der Waals surface area contributed by atoms with Crippen LogP contribution in [0.2, 0.25) is 0 Å². The summed E-state index contributed by atoms with van der Waals surface area (Å²) in [6, 6.07) is 7.32. The fraction of sp³-hybridized carbons (Fsp3) is 0.500. The highest BCUT2D eigenvalue weighted by atomic mass is 16.6. The molecule has 0 aliphatic carbocycles. The number of carbonyl (C=O) groups excluding carboxylic acids is 1. The summed E-state index contributed by atoms with van der Waals surface area (Å²) in [6.07, 6.45) is -0.450. The number of nitrogens with one attached hydrogen (secondary N) is 1. The van der Waals surface area contributed by atoms with E-state index in [2.05, 4.69) is 5.32 Å². The number of ether oxygens (including phenoxy) is 2. The zero-order valence-corrected chi connectivity index (χ0v) is 11.6. The molecule has 5 heteroatoms. The number of benzene rings is 1. The fourth-order valence-electron chi connectivity index (χ4n) is 1.40. The second-order valence-corrected chi connectivity index (χ2v) is 5.07. The molecule has 0 atom stereocenters. The molecule has 0 saturated carbocycles. The van der Waals surface area contributed by atoms with Crippen molar-refractivity contribution < 1.29 is 19.4 Å². The maximum absolute atomic E-state index is 11.5. The second kappa shape index (κ2) is 6.99. The van der Waals surface area contributed by atoms with Crippen molar-refractivity contribution in [1.82, 2.24) is 5.32 Å². The van der Waals surface area contributed by atoms with Crippen LogP contribution in [0.3, 0.4) is 0 Å². The van der Waals surface area contributed by atoms with Gasteiger partial charge in [-0.25, -0.2) is 4.79 Å². The fourth-order valence-corrected chi connectivity index (χ4v) is 1.40. The first-order valence-electron chi connectivity index (χ1n) is 6.20. The summed E-state index contributed by atoms with van der Waals surface area (Å²) in [4.78, 5) is 11.5. The van der Waals surface area contributed by atoms with Gasteiger partial charge in [-0.2, -0.15) is 0 Å². The van der Waals surface area contributed by atoms with Gasteiger partial charge in [-0.3, -0.25) is 0 Å². The van der Waals surface area contributed by atoms with Crippen LogP contribution in [0.5, 0.6) is 5.75 Å². The molecule has 1 aromatic carbocycles. The molecule has 0 bridgehead atoms. The maximum Gasteiger partial charge on any atom is 0.407 e. The topological polar surface area (TPSA) is 67.8 Å². The molecular weight excluding hydrogens is 246 g/mol. The van der Waals surface area contributed by atoms with E-state index in [0.717, 1.165) is 5.56 Å². The van der Waals surface area contributed by atoms with Crippen LogP contribution < -0.4 is 10.1 Å². The average molecular weight is 267 g/mol. The number of hydrogen-bond donors (Lipinski definition) is 2. The number of aliphatic hydroxyl groups is 1. The molecule has 2 N–H and O–H groups in total. The number of amides is 1. The number of carbonyl (C=O) groups is 1. The van der Waals surface area contributed by atoms with Gasteiger partial charge in [-0.1, -0.05) is 12.1 Å². The molecule has 19 heavy (non-hydrogen) atoms. The summed E-state index contributed by atoms with van der Waals surface area (Å²) >= 11 is 0. The molecule has 0 unspecified atom stereocenters. The SMILES string of the molecule is CC(C)(C)OC(=O)NCc1cccc(OCCO)c1. The molecule has 0 aliphatic rings. The maximum atomic E-state index is 11.5. The summed E-state index contributed by atoms with van der Waals surface area (Å²) in [5.41, 5.74) is 0.400. The van der Waals surface area contributed by atoms with E-state index >= 15 is 0 Å². The van der Waals surface area contributed by atoms with Gasteiger partial charge in [0.15, 0.2) is 0 Å². The van der Waals surface area contributed by atoms with Gasteiger partial charge in [0.1, 0.15) is 18.0 Å². The largest absolute Gasteiger partial charge is 0.491 e. The Hall–Kier alpha value is -1.75. The first-order valence-corrected chi connectivity index (χ1v) is 6.20. The lowest BCUT2D eigenvalue weighted by Gasteiger charge is -2.19. The monoisotopic (exact) mass is 267 g/mol. The Bertz CT molecular complexity index is 412. The van der Waals surface area contributed by atoms with Crippen molar-refractivity contribution >= 4 is 6.09 Å². The smallest absolute Gasteiger partial charge is 0.407 e. The molecule has 1 aromatic rings. The summed E-state index contributed by atoms with van der Waals surface area (Å²) in [5, 5.41) is 11.4. The van der Waals surface area contributed by atoms with Crippen LogP contribution in [-0.4, -0.2) is 30.0 Å². The third-order valence-electron chi connectivity index (χ3n) is 2.09. The Kier molecular flexibility index (Phi) is 5.63. The average Bonchev–Trinajstić information content (AvgIpc) is 2.32. The van der Waals surface area contributed by atoms with Crippen molar-refractivity contribution in [2.45, 2.75) is 32.9 Å². The third-order valence-corrected chi connectivity index (χ3v) is 2.09. The summed E-state index contributed by atoms with van der Waals surface area (Å²) in [7, 11) is 0. The zero-order chi connectivity index (χ0) is 14.3. The number of aliphatic hydroxyl groups excluding tert-OH is 1. The van der Waals surface area contributed by atoms with Crippen molar-refractivity contribution in [3.63, 3.8) is 0 Å². The van der Waals surface area contributed by atoms with Gasteiger partial charge < -0.3 is 19.9 Å². The van der Waals surface area contributed by atoms with Gasteiger partial charge in [0.2, 0.25) is 0 Å². The molecule has 0 radical (unpaired) electrons. The van der Waals surface area contributed by atoms with Gasteiger partial charge in [0, 0.05) is 6.54 Å². The molecule has 106 valence electrons. The molecule has 1 rings (SSSR count). The van der Waals surface area contributed by atoms with Gasteiger partial charge in [-0.15, -0.1) is 0 Å². The lowest BCUT2D eigenvalue weighted by Crippen LogP contribution is -2.32. The molecule has 0 aliphatic heterocycles. The van der Waals surface area contributed by atoms with E-state index in [9.17, 15) is 4.79 Å². The first-order chi connectivity index (χ1) is 8.90. The van der Waals surface area contributed by atoms with E-state index < -0.39 is 11.7 Å². The molecule has 0 heterocycles. The lowest BCUT2D eigenvalue weighted by molar-refractivity contribution is 0.0523. The van der Waals surface area contributed by atoms with Crippen molar-refractivity contribution in [1.29, 1.82) is 0 Å². The van der Waals surface area contributed by atoms with Gasteiger partial charge in [0.25, 0.3) is 0 Å². The van der Waals surface area contributed by atoms with Crippen LogP contribution in [0.1, 0.15) is 26.3 Å². The predicted octanol–water partition coefficient (Wildman–Crippen LogP) is 2.08. The standard InChI is InChI=1S/C14H21NO4/c1-14(2,3)19-13(17)15-10-11-5-4-6-12(9-11)18-8-7-16/h4-6,9,16H,7-8,10H2,1-3H3,(H,15,17). The minimum Gasteiger partial charge on any atom is -0.491 e. The molecule has 5 nitrogen and oxygen atoms in total.